The molecule has 3 aliphatic rings. The van der Waals surface area contributed by atoms with Crippen molar-refractivity contribution in [1.29, 1.82) is 0 Å². The van der Waals surface area contributed by atoms with Gasteiger partial charge >= 0.3 is 0 Å². The van der Waals surface area contributed by atoms with Gasteiger partial charge in [-0.25, -0.2) is 0 Å². The molecule has 4 rings (SSSR count). The number of piperidine rings is 2. The molecule has 0 bridgehead atoms. The van der Waals surface area contributed by atoms with Gasteiger partial charge in [-0.1, -0.05) is 25.0 Å². The largest absolute Gasteiger partial charge is 0.492 e. The third-order valence-corrected chi connectivity index (χ3v) is 6.70. The molecule has 0 aliphatic carbocycles. The lowest BCUT2D eigenvalue weighted by molar-refractivity contribution is 0.133. The maximum Gasteiger partial charge on any atom is 0.119 e. The van der Waals surface area contributed by atoms with Crippen LogP contribution in [-0.4, -0.2) is 48.1 Å². The minimum atomic E-state index is 0.647. The van der Waals surface area contributed by atoms with Crippen LogP contribution in [0.15, 0.2) is 24.3 Å². The molecule has 138 valence electrons. The number of rotatable bonds is 5. The Balaban J connectivity index is 1.28. The van der Waals surface area contributed by atoms with E-state index < -0.39 is 0 Å². The predicted molar refractivity (Wildman–Crippen MR) is 103 cm³/mol. The zero-order valence-electron chi connectivity index (χ0n) is 15.8. The van der Waals surface area contributed by atoms with Crippen LogP contribution in [0.5, 0.6) is 5.75 Å². The van der Waals surface area contributed by atoms with Crippen molar-refractivity contribution in [2.45, 2.75) is 76.4 Å². The topological polar surface area (TPSA) is 15.7 Å². The van der Waals surface area contributed by atoms with Crippen LogP contribution in [0.1, 0.15) is 69.9 Å². The van der Waals surface area contributed by atoms with E-state index in [1.807, 2.05) is 0 Å². The fraction of sp³-hybridized carbons (Fsp3) is 0.727. The first kappa shape index (κ1) is 17.4. The molecule has 3 nitrogen and oxygen atoms in total. The Morgan fingerprint density at radius 3 is 2.56 bits per heavy atom. The van der Waals surface area contributed by atoms with Gasteiger partial charge < -0.3 is 4.74 Å². The van der Waals surface area contributed by atoms with Gasteiger partial charge in [-0.2, -0.15) is 0 Å². The molecule has 3 heterocycles. The number of hydrogen-bond donors (Lipinski definition) is 0. The smallest absolute Gasteiger partial charge is 0.119 e. The highest BCUT2D eigenvalue weighted by molar-refractivity contribution is 5.30. The fourth-order valence-electron chi connectivity index (χ4n) is 5.17. The molecule has 1 unspecified atom stereocenters. The van der Waals surface area contributed by atoms with E-state index in [2.05, 4.69) is 41.0 Å². The van der Waals surface area contributed by atoms with Crippen molar-refractivity contribution in [3.8, 4) is 5.75 Å². The molecular weight excluding hydrogens is 308 g/mol. The van der Waals surface area contributed by atoms with Crippen LogP contribution >= 0.6 is 0 Å². The summed E-state index contributed by atoms with van der Waals surface area (Å²) in [6.45, 7) is 6.75. The summed E-state index contributed by atoms with van der Waals surface area (Å²) < 4.78 is 6.03. The third kappa shape index (κ3) is 4.03. The standard InChI is InChI=1S/C22H34N2O/c1-18-6-2-4-14-23(18)16-17-25-21-11-8-19(9-12-21)22-13-10-20-7-3-5-15-24(20)22/h8-9,11-12,18,20,22H,2-7,10,13-17H2,1H3/t18?,20-,22-/m1/s1. The number of fused-ring (bicyclic) bond motifs is 1. The van der Waals surface area contributed by atoms with E-state index in [-0.39, 0.29) is 0 Å². The molecule has 0 saturated carbocycles. The summed E-state index contributed by atoms with van der Waals surface area (Å²) in [5.41, 5.74) is 1.49. The van der Waals surface area contributed by atoms with Gasteiger partial charge in [0.1, 0.15) is 12.4 Å². The molecule has 0 N–H and O–H groups in total. The lowest BCUT2D eigenvalue weighted by atomic mass is 10.0. The molecule has 3 fully saturated rings. The maximum absolute atomic E-state index is 6.03. The normalized spacial score (nSPS) is 31.0. The van der Waals surface area contributed by atoms with Crippen molar-refractivity contribution in [2.24, 2.45) is 0 Å². The van der Waals surface area contributed by atoms with Crippen LogP contribution in [0.25, 0.3) is 0 Å². The van der Waals surface area contributed by atoms with Gasteiger partial charge in [0.05, 0.1) is 0 Å². The molecule has 0 spiro atoms. The van der Waals surface area contributed by atoms with Crippen molar-refractivity contribution >= 4 is 0 Å². The first-order valence-electron chi connectivity index (χ1n) is 10.5. The molecule has 0 aromatic heterocycles. The SMILES string of the molecule is CC1CCCCN1CCOc1ccc([C@H]2CC[C@H]3CCCCN32)cc1. The quantitative estimate of drug-likeness (QED) is 0.776. The summed E-state index contributed by atoms with van der Waals surface area (Å²) in [5, 5.41) is 0. The number of ether oxygens (including phenoxy) is 1. The molecule has 3 saturated heterocycles. The summed E-state index contributed by atoms with van der Waals surface area (Å²) in [5.74, 6) is 1.03. The van der Waals surface area contributed by atoms with E-state index in [0.29, 0.717) is 6.04 Å². The van der Waals surface area contributed by atoms with Crippen molar-refractivity contribution in [1.82, 2.24) is 9.80 Å². The van der Waals surface area contributed by atoms with E-state index in [9.17, 15) is 0 Å². The van der Waals surface area contributed by atoms with Gasteiger partial charge in [-0.15, -0.1) is 0 Å². The molecule has 1 aromatic carbocycles. The molecule has 3 aliphatic heterocycles. The van der Waals surface area contributed by atoms with Gasteiger partial charge in [0.15, 0.2) is 0 Å². The van der Waals surface area contributed by atoms with E-state index in [0.717, 1.165) is 31.0 Å². The first-order valence-corrected chi connectivity index (χ1v) is 10.5. The second-order valence-corrected chi connectivity index (χ2v) is 8.28. The van der Waals surface area contributed by atoms with Crippen molar-refractivity contribution in [3.05, 3.63) is 29.8 Å². The van der Waals surface area contributed by atoms with E-state index in [4.69, 9.17) is 4.74 Å². The number of hydrogen-bond acceptors (Lipinski definition) is 3. The van der Waals surface area contributed by atoms with Crippen molar-refractivity contribution in [2.75, 3.05) is 26.2 Å². The predicted octanol–water partition coefficient (Wildman–Crippen LogP) is 4.63. The zero-order valence-corrected chi connectivity index (χ0v) is 15.8. The highest BCUT2D eigenvalue weighted by Crippen LogP contribution is 2.40. The third-order valence-electron chi connectivity index (χ3n) is 6.70. The van der Waals surface area contributed by atoms with Gasteiger partial charge in [0.2, 0.25) is 0 Å². The average molecular weight is 343 g/mol. The molecule has 0 amide bonds. The monoisotopic (exact) mass is 342 g/mol. The summed E-state index contributed by atoms with van der Waals surface area (Å²) in [6, 6.07) is 11.2. The van der Waals surface area contributed by atoms with Crippen LogP contribution in [0, 0.1) is 0 Å². The van der Waals surface area contributed by atoms with Gasteiger partial charge in [0, 0.05) is 24.7 Å². The summed E-state index contributed by atoms with van der Waals surface area (Å²) in [7, 11) is 0. The molecule has 3 atom stereocenters. The second-order valence-electron chi connectivity index (χ2n) is 8.28. The lowest BCUT2D eigenvalue weighted by Gasteiger charge is -2.34. The summed E-state index contributed by atoms with van der Waals surface area (Å²) in [6.07, 6.45) is 11.0. The maximum atomic E-state index is 6.03. The highest BCUT2D eigenvalue weighted by Gasteiger charge is 2.35. The Morgan fingerprint density at radius 2 is 1.72 bits per heavy atom. The Kier molecular flexibility index (Phi) is 5.62. The Hall–Kier alpha value is -1.06. The number of benzene rings is 1. The summed E-state index contributed by atoms with van der Waals surface area (Å²) in [4.78, 5) is 5.34. The first-order chi connectivity index (χ1) is 12.3. The Morgan fingerprint density at radius 1 is 0.920 bits per heavy atom. The fourth-order valence-corrected chi connectivity index (χ4v) is 5.17. The van der Waals surface area contributed by atoms with E-state index in [1.165, 1.54) is 70.0 Å². The molecule has 25 heavy (non-hydrogen) atoms. The van der Waals surface area contributed by atoms with Gasteiger partial charge in [-0.05, 0) is 76.2 Å². The van der Waals surface area contributed by atoms with Crippen LogP contribution < -0.4 is 4.74 Å². The van der Waals surface area contributed by atoms with E-state index >= 15 is 0 Å². The van der Waals surface area contributed by atoms with E-state index in [1.54, 1.807) is 0 Å². The zero-order chi connectivity index (χ0) is 17.1. The van der Waals surface area contributed by atoms with Crippen LogP contribution in [-0.2, 0) is 0 Å². The minimum absolute atomic E-state index is 0.647. The highest BCUT2D eigenvalue weighted by atomic mass is 16.5. The van der Waals surface area contributed by atoms with Crippen LogP contribution in [0.3, 0.4) is 0 Å². The Bertz CT molecular complexity index is 543. The summed E-state index contributed by atoms with van der Waals surface area (Å²) >= 11 is 0. The second kappa shape index (κ2) is 8.09. The molecule has 1 aromatic rings. The minimum Gasteiger partial charge on any atom is -0.492 e. The molecule has 0 radical (unpaired) electrons. The van der Waals surface area contributed by atoms with Gasteiger partial charge in [0.25, 0.3) is 0 Å². The van der Waals surface area contributed by atoms with Gasteiger partial charge in [-0.3, -0.25) is 9.80 Å². The van der Waals surface area contributed by atoms with Crippen LogP contribution in [0.4, 0.5) is 0 Å². The Labute approximate surface area is 153 Å². The number of nitrogens with zero attached hydrogens (tertiary/aromatic N) is 2. The van der Waals surface area contributed by atoms with Crippen molar-refractivity contribution in [3.63, 3.8) is 0 Å². The number of likely N-dealkylation sites (tertiary alicyclic amines) is 1. The van der Waals surface area contributed by atoms with Crippen molar-refractivity contribution < 1.29 is 4.74 Å². The molecule has 3 heteroatoms. The molecular formula is C22H34N2O. The lowest BCUT2D eigenvalue weighted by Crippen LogP contribution is -2.39. The average Bonchev–Trinajstić information content (AvgIpc) is 3.08. The van der Waals surface area contributed by atoms with Crippen LogP contribution in [0.2, 0.25) is 0 Å².